The molecule has 0 radical (unpaired) electrons. The Labute approximate surface area is 167 Å². The second-order valence-corrected chi connectivity index (χ2v) is 6.60. The van der Waals surface area contributed by atoms with Crippen molar-refractivity contribution in [3.8, 4) is 11.5 Å². The van der Waals surface area contributed by atoms with Crippen LogP contribution in [-0.2, 0) is 9.47 Å². The normalized spacial score (nSPS) is 14.9. The summed E-state index contributed by atoms with van der Waals surface area (Å²) in [4.78, 5) is 20.9. The monoisotopic (exact) mass is 393 g/mol. The Kier molecular flexibility index (Phi) is 9.03. The lowest BCUT2D eigenvalue weighted by molar-refractivity contribution is 0.0357. The summed E-state index contributed by atoms with van der Waals surface area (Å²) < 4.78 is 21.9. The van der Waals surface area contributed by atoms with Crippen LogP contribution in [0, 0.1) is 0 Å². The zero-order valence-corrected chi connectivity index (χ0v) is 17.3. The van der Waals surface area contributed by atoms with Gasteiger partial charge in [-0.15, -0.1) is 0 Å². The van der Waals surface area contributed by atoms with E-state index in [1.54, 1.807) is 37.4 Å². The van der Waals surface area contributed by atoms with Gasteiger partial charge < -0.3 is 23.8 Å². The van der Waals surface area contributed by atoms with Gasteiger partial charge in [0, 0.05) is 45.9 Å². The first kappa shape index (κ1) is 22.0. The van der Waals surface area contributed by atoms with Gasteiger partial charge in [-0.1, -0.05) is 0 Å². The Hall–Kier alpha value is -2.32. The molecular weight excluding hydrogens is 362 g/mol. The van der Waals surface area contributed by atoms with E-state index >= 15 is 0 Å². The van der Waals surface area contributed by atoms with Crippen molar-refractivity contribution in [1.29, 1.82) is 0 Å². The van der Waals surface area contributed by atoms with Crippen LogP contribution in [0.25, 0.3) is 0 Å². The summed E-state index contributed by atoms with van der Waals surface area (Å²) in [5.74, 6) is 0.607. The fraction of sp³-hybridized carbons (Fsp3) is 0.600. The molecule has 8 nitrogen and oxygen atoms in total. The van der Waals surface area contributed by atoms with Gasteiger partial charge in [0.1, 0.15) is 0 Å². The van der Waals surface area contributed by atoms with E-state index in [1.165, 1.54) is 0 Å². The molecule has 1 aliphatic rings. The van der Waals surface area contributed by atoms with Crippen LogP contribution in [0.3, 0.4) is 0 Å². The van der Waals surface area contributed by atoms with E-state index in [-0.39, 0.29) is 6.61 Å². The maximum atomic E-state index is 12.4. The summed E-state index contributed by atoms with van der Waals surface area (Å²) in [6.45, 7) is 7.01. The highest BCUT2D eigenvalue weighted by Crippen LogP contribution is 2.35. The summed E-state index contributed by atoms with van der Waals surface area (Å²) in [6.07, 6.45) is 2.50. The minimum absolute atomic E-state index is 0.289. The van der Waals surface area contributed by atoms with Gasteiger partial charge in [0.05, 0.1) is 51.1 Å². The van der Waals surface area contributed by atoms with Gasteiger partial charge in [-0.3, -0.25) is 4.90 Å². The number of morpholine rings is 1. The third-order valence-corrected chi connectivity index (χ3v) is 4.19. The van der Waals surface area contributed by atoms with Crippen LogP contribution in [0.1, 0.15) is 23.7 Å². The van der Waals surface area contributed by atoms with Crippen molar-refractivity contribution >= 4 is 18.0 Å². The maximum Gasteiger partial charge on any atom is 0.340 e. The predicted octanol–water partition coefficient (Wildman–Crippen LogP) is 2.19. The van der Waals surface area contributed by atoms with E-state index in [0.29, 0.717) is 29.4 Å². The number of carbonyl (C=O) groups excluding carboxylic acids is 1. The predicted molar refractivity (Wildman–Crippen MR) is 108 cm³/mol. The molecule has 0 N–H and O–H groups in total. The van der Waals surface area contributed by atoms with E-state index in [1.807, 2.05) is 14.1 Å². The topological polar surface area (TPSA) is 72.8 Å². The van der Waals surface area contributed by atoms with Gasteiger partial charge in [0.2, 0.25) is 0 Å². The van der Waals surface area contributed by atoms with E-state index in [9.17, 15) is 4.79 Å². The van der Waals surface area contributed by atoms with Crippen molar-refractivity contribution < 1.29 is 23.7 Å². The minimum atomic E-state index is -0.436. The minimum Gasteiger partial charge on any atom is -0.493 e. The van der Waals surface area contributed by atoms with Crippen LogP contribution in [0.15, 0.2) is 17.1 Å². The molecular formula is C20H31N3O5. The smallest absolute Gasteiger partial charge is 0.340 e. The highest BCUT2D eigenvalue weighted by Gasteiger charge is 2.18. The van der Waals surface area contributed by atoms with E-state index in [4.69, 9.17) is 18.9 Å². The van der Waals surface area contributed by atoms with Gasteiger partial charge in [-0.25, -0.2) is 9.79 Å². The largest absolute Gasteiger partial charge is 0.493 e. The summed E-state index contributed by atoms with van der Waals surface area (Å²) >= 11 is 0. The first-order chi connectivity index (χ1) is 13.5. The molecule has 0 saturated carbocycles. The summed E-state index contributed by atoms with van der Waals surface area (Å²) in [6, 6.07) is 3.34. The van der Waals surface area contributed by atoms with Crippen LogP contribution >= 0.6 is 0 Å². The zero-order valence-electron chi connectivity index (χ0n) is 17.3. The second-order valence-electron chi connectivity index (χ2n) is 6.60. The van der Waals surface area contributed by atoms with Gasteiger partial charge in [-0.2, -0.15) is 0 Å². The Bertz CT molecular complexity index is 657. The molecule has 0 aliphatic carbocycles. The van der Waals surface area contributed by atoms with Crippen LogP contribution < -0.4 is 9.47 Å². The number of carbonyl (C=O) groups is 1. The number of nitrogens with zero attached hydrogens (tertiary/aromatic N) is 3. The molecule has 0 spiro atoms. The van der Waals surface area contributed by atoms with Crippen LogP contribution in [0.2, 0.25) is 0 Å². The number of methoxy groups -OCH3 is 1. The van der Waals surface area contributed by atoms with Crippen molar-refractivity contribution in [3.05, 3.63) is 17.7 Å². The molecule has 8 heteroatoms. The molecule has 1 heterocycles. The lowest BCUT2D eigenvalue weighted by Gasteiger charge is -2.26. The molecule has 1 aliphatic heterocycles. The summed E-state index contributed by atoms with van der Waals surface area (Å²) in [7, 11) is 5.28. The van der Waals surface area contributed by atoms with Crippen LogP contribution in [-0.4, -0.2) is 89.4 Å². The second kappa shape index (κ2) is 11.5. The average Bonchev–Trinajstić information content (AvgIpc) is 2.70. The third kappa shape index (κ3) is 6.69. The number of rotatable bonds is 10. The SMILES string of the molecule is CCOC(=O)c1cc(OCCCN2CCOCC2)c(OC)cc1N=CN(C)C. The zero-order chi connectivity index (χ0) is 20.4. The van der Waals surface area contributed by atoms with Crippen molar-refractivity contribution in [3.63, 3.8) is 0 Å². The quantitative estimate of drug-likeness (QED) is 0.261. The summed E-state index contributed by atoms with van der Waals surface area (Å²) in [5.41, 5.74) is 0.827. The number of aliphatic imine (C=N–C) groups is 1. The highest BCUT2D eigenvalue weighted by molar-refractivity contribution is 5.96. The lowest BCUT2D eigenvalue weighted by Crippen LogP contribution is -2.37. The number of esters is 1. The molecule has 1 saturated heterocycles. The highest BCUT2D eigenvalue weighted by atomic mass is 16.5. The molecule has 0 aromatic heterocycles. The van der Waals surface area contributed by atoms with Crippen molar-refractivity contribution in [1.82, 2.24) is 9.80 Å². The van der Waals surface area contributed by atoms with E-state index in [0.717, 1.165) is 39.3 Å². The fourth-order valence-electron chi connectivity index (χ4n) is 2.77. The van der Waals surface area contributed by atoms with Gasteiger partial charge in [0.25, 0.3) is 0 Å². The standard InChI is InChI=1S/C20H31N3O5/c1-5-27-20(24)16-13-19(18(25-4)14-17(16)21-15-22(2)3)28-10-6-7-23-8-11-26-12-9-23/h13-15H,5-12H2,1-4H3. The number of ether oxygens (including phenoxy) is 4. The van der Waals surface area contributed by atoms with Crippen molar-refractivity contribution in [2.75, 3.05) is 67.3 Å². The third-order valence-electron chi connectivity index (χ3n) is 4.19. The van der Waals surface area contributed by atoms with Crippen LogP contribution in [0.4, 0.5) is 5.69 Å². The molecule has 0 amide bonds. The maximum absolute atomic E-state index is 12.4. The molecule has 1 fully saturated rings. The molecule has 0 bridgehead atoms. The van der Waals surface area contributed by atoms with E-state index < -0.39 is 5.97 Å². The molecule has 2 rings (SSSR count). The molecule has 28 heavy (non-hydrogen) atoms. The Morgan fingerprint density at radius 2 is 2.04 bits per heavy atom. The first-order valence-corrected chi connectivity index (χ1v) is 9.57. The number of hydrogen-bond donors (Lipinski definition) is 0. The lowest BCUT2D eigenvalue weighted by atomic mass is 10.1. The number of hydrogen-bond acceptors (Lipinski definition) is 7. The van der Waals surface area contributed by atoms with E-state index in [2.05, 4.69) is 9.89 Å². The Morgan fingerprint density at radius 3 is 2.68 bits per heavy atom. The Balaban J connectivity index is 2.10. The molecule has 156 valence electrons. The van der Waals surface area contributed by atoms with Gasteiger partial charge in [0.15, 0.2) is 11.5 Å². The Morgan fingerprint density at radius 1 is 1.29 bits per heavy atom. The first-order valence-electron chi connectivity index (χ1n) is 9.57. The molecule has 1 aromatic carbocycles. The van der Waals surface area contributed by atoms with Crippen LogP contribution in [0.5, 0.6) is 11.5 Å². The van der Waals surface area contributed by atoms with Gasteiger partial charge in [-0.05, 0) is 13.3 Å². The molecule has 0 unspecified atom stereocenters. The van der Waals surface area contributed by atoms with Crippen molar-refractivity contribution in [2.45, 2.75) is 13.3 Å². The van der Waals surface area contributed by atoms with Gasteiger partial charge >= 0.3 is 5.97 Å². The summed E-state index contributed by atoms with van der Waals surface area (Å²) in [5, 5.41) is 0. The fourth-order valence-corrected chi connectivity index (χ4v) is 2.77. The number of benzene rings is 1. The average molecular weight is 393 g/mol. The molecule has 1 aromatic rings. The molecule has 0 atom stereocenters. The van der Waals surface area contributed by atoms with Crippen molar-refractivity contribution in [2.24, 2.45) is 4.99 Å².